The summed E-state index contributed by atoms with van der Waals surface area (Å²) in [7, 11) is -0.430. The SMILES string of the molecule is [CH3][Sn][c]1ccccc1P(c1ccccc1)c1ccccc1. The standard InChI is InChI=1S/C18H14P.CH3.Sn/c1-4-10-16(11-5-1)19(17-12-6-2-7-13-17)18-14-8-3-9-15-18;;/h1-14H;1H3;. The van der Waals surface area contributed by atoms with Crippen LogP contribution < -0.4 is 19.5 Å². The molecule has 0 saturated heterocycles. The third-order valence-electron chi connectivity index (χ3n) is 3.44. The van der Waals surface area contributed by atoms with Crippen molar-refractivity contribution in [2.75, 3.05) is 0 Å². The summed E-state index contributed by atoms with van der Waals surface area (Å²) >= 11 is -0.454. The first-order valence-electron chi connectivity index (χ1n) is 7.07. The summed E-state index contributed by atoms with van der Waals surface area (Å²) in [5, 5.41) is 4.44. The Morgan fingerprint density at radius 3 is 1.62 bits per heavy atom. The van der Waals surface area contributed by atoms with E-state index in [0.717, 1.165) is 0 Å². The van der Waals surface area contributed by atoms with Crippen LogP contribution in [-0.4, -0.2) is 21.1 Å². The Morgan fingerprint density at radius 2 is 1.10 bits per heavy atom. The van der Waals surface area contributed by atoms with Crippen LogP contribution in [0.2, 0.25) is 4.94 Å². The first kappa shape index (κ1) is 14.8. The summed E-state index contributed by atoms with van der Waals surface area (Å²) in [5.74, 6) is 0. The molecule has 0 aliphatic rings. The molecule has 0 aromatic heterocycles. The van der Waals surface area contributed by atoms with Crippen LogP contribution in [0, 0.1) is 0 Å². The average Bonchev–Trinajstić information content (AvgIpc) is 2.58. The molecule has 0 bridgehead atoms. The monoisotopic (exact) mass is 396 g/mol. The molecule has 0 heterocycles. The van der Waals surface area contributed by atoms with Gasteiger partial charge in [0.2, 0.25) is 0 Å². The summed E-state index contributed by atoms with van der Waals surface area (Å²) in [6, 6.07) is 31.0. The van der Waals surface area contributed by atoms with E-state index in [9.17, 15) is 0 Å². The van der Waals surface area contributed by atoms with Crippen LogP contribution in [-0.2, 0) is 0 Å². The van der Waals surface area contributed by atoms with Gasteiger partial charge in [-0.1, -0.05) is 0 Å². The molecule has 3 aromatic rings. The molecule has 0 aliphatic heterocycles. The Hall–Kier alpha value is -1.11. The zero-order chi connectivity index (χ0) is 14.5. The molecule has 0 spiro atoms. The summed E-state index contributed by atoms with van der Waals surface area (Å²) in [6.07, 6.45) is 0. The zero-order valence-electron chi connectivity index (χ0n) is 12.0. The molecular formula is C19H17PSn. The fourth-order valence-electron chi connectivity index (χ4n) is 2.46. The van der Waals surface area contributed by atoms with Gasteiger partial charge in [-0.25, -0.2) is 0 Å². The van der Waals surface area contributed by atoms with Crippen molar-refractivity contribution in [1.29, 1.82) is 0 Å². The number of rotatable bonds is 4. The van der Waals surface area contributed by atoms with Gasteiger partial charge in [0, 0.05) is 0 Å². The van der Waals surface area contributed by atoms with Crippen molar-refractivity contribution in [1.82, 2.24) is 0 Å². The van der Waals surface area contributed by atoms with Gasteiger partial charge in [-0.05, 0) is 0 Å². The Balaban J connectivity index is 2.17. The Labute approximate surface area is 138 Å². The minimum absolute atomic E-state index is 0.430. The van der Waals surface area contributed by atoms with Crippen molar-refractivity contribution in [3.05, 3.63) is 84.9 Å². The van der Waals surface area contributed by atoms with E-state index in [1.165, 1.54) is 10.6 Å². The Bertz CT molecular complexity index is 656. The quantitative estimate of drug-likeness (QED) is 0.471. The van der Waals surface area contributed by atoms with Crippen LogP contribution in [0.4, 0.5) is 0 Å². The summed E-state index contributed by atoms with van der Waals surface area (Å²) in [4.78, 5) is 2.41. The van der Waals surface area contributed by atoms with Crippen LogP contribution >= 0.6 is 7.92 Å². The molecule has 0 nitrogen and oxygen atoms in total. The minimum atomic E-state index is -0.454. The predicted molar refractivity (Wildman–Crippen MR) is 96.4 cm³/mol. The topological polar surface area (TPSA) is 0 Å². The molecule has 0 amide bonds. The van der Waals surface area contributed by atoms with Gasteiger partial charge in [-0.15, -0.1) is 0 Å². The second-order valence-electron chi connectivity index (χ2n) is 4.77. The molecule has 0 fully saturated rings. The van der Waals surface area contributed by atoms with E-state index >= 15 is 0 Å². The summed E-state index contributed by atoms with van der Waals surface area (Å²) < 4.78 is 1.62. The first-order chi connectivity index (χ1) is 10.4. The Kier molecular flexibility index (Phi) is 5.11. The van der Waals surface area contributed by atoms with Crippen LogP contribution in [0.1, 0.15) is 0 Å². The molecule has 2 radical (unpaired) electrons. The summed E-state index contributed by atoms with van der Waals surface area (Å²) in [6.45, 7) is 0. The number of benzene rings is 3. The van der Waals surface area contributed by atoms with E-state index in [4.69, 9.17) is 0 Å². The average molecular weight is 395 g/mol. The molecule has 0 atom stereocenters. The number of hydrogen-bond acceptors (Lipinski definition) is 0. The van der Waals surface area contributed by atoms with Gasteiger partial charge in [-0.2, -0.15) is 0 Å². The fraction of sp³-hybridized carbons (Fsp3) is 0.0526. The van der Waals surface area contributed by atoms with Crippen molar-refractivity contribution >= 4 is 48.6 Å². The van der Waals surface area contributed by atoms with Crippen LogP contribution in [0.15, 0.2) is 84.9 Å². The normalized spacial score (nSPS) is 10.8. The Morgan fingerprint density at radius 1 is 0.619 bits per heavy atom. The van der Waals surface area contributed by atoms with Crippen LogP contribution in [0.25, 0.3) is 0 Å². The molecule has 3 aromatic carbocycles. The van der Waals surface area contributed by atoms with Gasteiger partial charge in [0.05, 0.1) is 0 Å². The molecular weight excluding hydrogens is 378 g/mol. The molecule has 0 N–H and O–H groups in total. The van der Waals surface area contributed by atoms with E-state index < -0.39 is 29.1 Å². The van der Waals surface area contributed by atoms with Crippen molar-refractivity contribution in [3.63, 3.8) is 0 Å². The number of hydrogen-bond donors (Lipinski definition) is 0. The summed E-state index contributed by atoms with van der Waals surface area (Å²) in [5.41, 5.74) is 0. The first-order valence-corrected chi connectivity index (χ1v) is 12.7. The van der Waals surface area contributed by atoms with Crippen molar-refractivity contribution < 1.29 is 0 Å². The maximum absolute atomic E-state index is 2.41. The van der Waals surface area contributed by atoms with Crippen molar-refractivity contribution in [3.8, 4) is 0 Å². The third kappa shape index (κ3) is 3.39. The van der Waals surface area contributed by atoms with Gasteiger partial charge in [0.1, 0.15) is 0 Å². The van der Waals surface area contributed by atoms with Gasteiger partial charge in [0.15, 0.2) is 0 Å². The van der Waals surface area contributed by atoms with E-state index in [1.54, 1.807) is 8.88 Å². The van der Waals surface area contributed by atoms with Gasteiger partial charge >= 0.3 is 138 Å². The second kappa shape index (κ2) is 7.24. The second-order valence-corrected chi connectivity index (χ2v) is 9.92. The maximum atomic E-state index is 2.41. The van der Waals surface area contributed by atoms with Gasteiger partial charge in [0.25, 0.3) is 0 Å². The molecule has 0 saturated carbocycles. The van der Waals surface area contributed by atoms with E-state index in [1.807, 2.05) is 0 Å². The zero-order valence-corrected chi connectivity index (χ0v) is 15.8. The molecule has 21 heavy (non-hydrogen) atoms. The van der Waals surface area contributed by atoms with Crippen molar-refractivity contribution in [2.45, 2.75) is 4.94 Å². The van der Waals surface area contributed by atoms with Gasteiger partial charge in [-0.3, -0.25) is 0 Å². The van der Waals surface area contributed by atoms with Gasteiger partial charge < -0.3 is 0 Å². The van der Waals surface area contributed by atoms with E-state index in [0.29, 0.717) is 0 Å². The molecule has 0 aliphatic carbocycles. The van der Waals surface area contributed by atoms with E-state index in [-0.39, 0.29) is 0 Å². The fourth-order valence-corrected chi connectivity index (χ4v) is 8.23. The molecule has 0 unspecified atom stereocenters. The van der Waals surface area contributed by atoms with Crippen molar-refractivity contribution in [2.24, 2.45) is 0 Å². The van der Waals surface area contributed by atoms with E-state index in [2.05, 4.69) is 89.9 Å². The third-order valence-corrected chi connectivity index (χ3v) is 9.33. The van der Waals surface area contributed by atoms with Crippen LogP contribution in [0.5, 0.6) is 0 Å². The predicted octanol–water partition coefficient (Wildman–Crippen LogP) is 2.82. The molecule has 102 valence electrons. The molecule has 3 rings (SSSR count). The molecule has 2 heteroatoms. The van der Waals surface area contributed by atoms with Crippen LogP contribution in [0.3, 0.4) is 0 Å².